The second-order valence-electron chi connectivity index (χ2n) is 2.39. The van der Waals surface area contributed by atoms with Crippen molar-refractivity contribution in [3.8, 4) is 0 Å². The van der Waals surface area contributed by atoms with E-state index in [0.29, 0.717) is 10.9 Å². The zero-order chi connectivity index (χ0) is 10.6. The Labute approximate surface area is 87.5 Å². The molecule has 14 heavy (non-hydrogen) atoms. The quantitative estimate of drug-likeness (QED) is 0.207. The maximum absolute atomic E-state index is 10.4. The smallest absolute Gasteiger partial charge is 0.258 e. The van der Waals surface area contributed by atoms with Crippen molar-refractivity contribution in [1.82, 2.24) is 0 Å². The summed E-state index contributed by atoms with van der Waals surface area (Å²) in [7, 11) is 0. The minimum absolute atomic E-state index is 0.0860. The number of nitro benzene ring substituents is 1. The number of rotatable bonds is 3. The predicted octanol–water partition coefficient (Wildman–Crippen LogP) is 3.43. The van der Waals surface area contributed by atoms with E-state index in [1.165, 1.54) is 12.1 Å². The molecule has 0 aromatic heterocycles. The van der Waals surface area contributed by atoms with Crippen LogP contribution in [0.4, 0.5) is 11.4 Å². The first-order valence-electron chi connectivity index (χ1n) is 3.57. The summed E-state index contributed by atoms with van der Waals surface area (Å²) in [6.45, 7) is 0. The lowest BCUT2D eigenvalue weighted by molar-refractivity contribution is -0.384. The van der Waals surface area contributed by atoms with Gasteiger partial charge in [-0.1, -0.05) is 27.1 Å². The number of nitro groups is 1. The summed E-state index contributed by atoms with van der Waals surface area (Å²) in [4.78, 5) is 12.5. The van der Waals surface area contributed by atoms with Crippen molar-refractivity contribution in [2.45, 2.75) is 5.33 Å². The SMILES string of the molecule is [N-]=[N+]=Nc1cc([N+](=O)[O-])ccc1CBr. The highest BCUT2D eigenvalue weighted by atomic mass is 79.9. The van der Waals surface area contributed by atoms with Gasteiger partial charge in [0.05, 0.1) is 4.92 Å². The molecule has 0 heterocycles. The average molecular weight is 257 g/mol. The van der Waals surface area contributed by atoms with Crippen molar-refractivity contribution < 1.29 is 4.92 Å². The van der Waals surface area contributed by atoms with Gasteiger partial charge in [-0.2, -0.15) is 0 Å². The van der Waals surface area contributed by atoms with Crippen LogP contribution in [-0.2, 0) is 5.33 Å². The molecule has 0 N–H and O–H groups in total. The fourth-order valence-corrected chi connectivity index (χ4v) is 1.39. The topological polar surface area (TPSA) is 91.9 Å². The molecular formula is C7H5BrN4O2. The molecule has 1 rings (SSSR count). The Balaban J connectivity index is 3.27. The molecule has 1 aromatic rings. The van der Waals surface area contributed by atoms with Crippen LogP contribution in [0.15, 0.2) is 23.3 Å². The van der Waals surface area contributed by atoms with Gasteiger partial charge in [-0.05, 0) is 11.1 Å². The van der Waals surface area contributed by atoms with Gasteiger partial charge in [-0.3, -0.25) is 10.1 Å². The van der Waals surface area contributed by atoms with E-state index in [4.69, 9.17) is 5.53 Å². The number of benzene rings is 1. The average Bonchev–Trinajstić information content (AvgIpc) is 2.18. The van der Waals surface area contributed by atoms with Gasteiger partial charge in [0, 0.05) is 28.1 Å². The molecule has 0 atom stereocenters. The largest absolute Gasteiger partial charge is 0.269 e. The first-order valence-corrected chi connectivity index (χ1v) is 4.69. The molecule has 72 valence electrons. The monoisotopic (exact) mass is 256 g/mol. The number of hydrogen-bond donors (Lipinski definition) is 0. The Morgan fingerprint density at radius 3 is 2.86 bits per heavy atom. The Morgan fingerprint density at radius 2 is 2.36 bits per heavy atom. The van der Waals surface area contributed by atoms with Crippen LogP contribution in [0.1, 0.15) is 5.56 Å². The van der Waals surface area contributed by atoms with E-state index in [9.17, 15) is 10.1 Å². The Morgan fingerprint density at radius 1 is 1.64 bits per heavy atom. The van der Waals surface area contributed by atoms with Crippen molar-refractivity contribution >= 4 is 27.3 Å². The molecule has 0 amide bonds. The minimum atomic E-state index is -0.533. The minimum Gasteiger partial charge on any atom is -0.258 e. The summed E-state index contributed by atoms with van der Waals surface area (Å²) in [6, 6.07) is 4.17. The molecule has 0 unspecified atom stereocenters. The van der Waals surface area contributed by atoms with E-state index in [1.807, 2.05) is 0 Å². The van der Waals surface area contributed by atoms with E-state index >= 15 is 0 Å². The zero-order valence-corrected chi connectivity index (χ0v) is 8.51. The molecule has 0 saturated carbocycles. The standard InChI is InChI=1S/C7H5BrN4O2/c8-4-5-1-2-6(12(13)14)3-7(5)10-11-9/h1-3H,4H2. The molecular weight excluding hydrogens is 252 g/mol. The van der Waals surface area contributed by atoms with Crippen LogP contribution in [-0.4, -0.2) is 4.92 Å². The molecule has 0 spiro atoms. The van der Waals surface area contributed by atoms with E-state index in [2.05, 4.69) is 26.0 Å². The molecule has 0 fully saturated rings. The number of hydrogen-bond acceptors (Lipinski definition) is 3. The Hall–Kier alpha value is -1.59. The first-order chi connectivity index (χ1) is 6.69. The molecule has 0 aliphatic heterocycles. The van der Waals surface area contributed by atoms with Gasteiger partial charge in [0.2, 0.25) is 0 Å². The number of nitrogens with zero attached hydrogens (tertiary/aromatic N) is 4. The lowest BCUT2D eigenvalue weighted by Crippen LogP contribution is -1.88. The van der Waals surface area contributed by atoms with Crippen LogP contribution in [0.25, 0.3) is 10.4 Å². The zero-order valence-electron chi connectivity index (χ0n) is 6.92. The molecule has 0 aliphatic rings. The molecule has 1 aromatic carbocycles. The van der Waals surface area contributed by atoms with Crippen LogP contribution < -0.4 is 0 Å². The molecule has 7 heteroatoms. The summed E-state index contributed by atoms with van der Waals surface area (Å²) < 4.78 is 0. The van der Waals surface area contributed by atoms with Crippen molar-refractivity contribution in [2.24, 2.45) is 5.11 Å². The summed E-state index contributed by atoms with van der Waals surface area (Å²) in [5, 5.41) is 14.3. The van der Waals surface area contributed by atoms with Gasteiger partial charge >= 0.3 is 0 Å². The Kier molecular flexibility index (Phi) is 3.44. The van der Waals surface area contributed by atoms with Gasteiger partial charge in [-0.15, -0.1) is 0 Å². The van der Waals surface area contributed by atoms with Gasteiger partial charge in [0.25, 0.3) is 5.69 Å². The van der Waals surface area contributed by atoms with Gasteiger partial charge < -0.3 is 0 Å². The maximum atomic E-state index is 10.4. The molecule has 6 nitrogen and oxygen atoms in total. The van der Waals surface area contributed by atoms with Crippen LogP contribution in [0.5, 0.6) is 0 Å². The molecule has 0 bridgehead atoms. The lowest BCUT2D eigenvalue weighted by atomic mass is 10.2. The normalized spacial score (nSPS) is 9.21. The molecule has 0 radical (unpaired) electrons. The van der Waals surface area contributed by atoms with E-state index < -0.39 is 4.92 Å². The molecule has 0 saturated heterocycles. The van der Waals surface area contributed by atoms with Gasteiger partial charge in [-0.25, -0.2) is 0 Å². The number of non-ortho nitro benzene ring substituents is 1. The summed E-state index contributed by atoms with van der Waals surface area (Å²) in [5.74, 6) is 0. The van der Waals surface area contributed by atoms with Crippen LogP contribution in [0.2, 0.25) is 0 Å². The highest BCUT2D eigenvalue weighted by Crippen LogP contribution is 2.26. The van der Waals surface area contributed by atoms with Crippen LogP contribution in [0, 0.1) is 10.1 Å². The third-order valence-electron chi connectivity index (χ3n) is 1.58. The van der Waals surface area contributed by atoms with Gasteiger partial charge in [0.15, 0.2) is 0 Å². The first kappa shape index (κ1) is 10.5. The number of halogens is 1. The molecule has 0 aliphatic carbocycles. The highest BCUT2D eigenvalue weighted by Gasteiger charge is 2.08. The second-order valence-corrected chi connectivity index (χ2v) is 2.95. The fraction of sp³-hybridized carbons (Fsp3) is 0.143. The Bertz CT molecular complexity index is 414. The summed E-state index contributed by atoms with van der Waals surface area (Å²) in [6.07, 6.45) is 0. The van der Waals surface area contributed by atoms with Crippen molar-refractivity contribution in [2.75, 3.05) is 0 Å². The predicted molar refractivity (Wildman–Crippen MR) is 54.5 cm³/mol. The maximum Gasteiger partial charge on any atom is 0.269 e. The number of azide groups is 1. The van der Waals surface area contributed by atoms with Crippen molar-refractivity contribution in [3.63, 3.8) is 0 Å². The van der Waals surface area contributed by atoms with Crippen LogP contribution in [0.3, 0.4) is 0 Å². The third-order valence-corrected chi connectivity index (χ3v) is 2.18. The van der Waals surface area contributed by atoms with Crippen LogP contribution >= 0.6 is 15.9 Å². The van der Waals surface area contributed by atoms with E-state index in [1.54, 1.807) is 6.07 Å². The lowest BCUT2D eigenvalue weighted by Gasteiger charge is -1.99. The highest BCUT2D eigenvalue weighted by molar-refractivity contribution is 9.08. The van der Waals surface area contributed by atoms with Gasteiger partial charge in [0.1, 0.15) is 0 Å². The summed E-state index contributed by atoms with van der Waals surface area (Å²) >= 11 is 3.19. The van der Waals surface area contributed by atoms with Crippen molar-refractivity contribution in [3.05, 3.63) is 44.3 Å². The summed E-state index contributed by atoms with van der Waals surface area (Å²) in [5.41, 5.74) is 9.15. The van der Waals surface area contributed by atoms with Crippen molar-refractivity contribution in [1.29, 1.82) is 0 Å². The second kappa shape index (κ2) is 4.59. The van der Waals surface area contributed by atoms with E-state index in [0.717, 1.165) is 0 Å². The fourth-order valence-electron chi connectivity index (χ4n) is 0.920. The third kappa shape index (κ3) is 2.21. The van der Waals surface area contributed by atoms with E-state index in [-0.39, 0.29) is 11.4 Å². The number of alkyl halides is 1.